The Bertz CT molecular complexity index is 132. The molecule has 0 aliphatic carbocycles. The Hall–Kier alpha value is -1.06. The Morgan fingerprint density at radius 3 is 2.73 bits per heavy atom. The molecule has 0 saturated carbocycles. The Kier molecular flexibility index (Phi) is 5.15. The van der Waals surface area contributed by atoms with E-state index in [1.165, 1.54) is 7.11 Å². The van der Waals surface area contributed by atoms with Crippen molar-refractivity contribution in [2.75, 3.05) is 13.7 Å². The quantitative estimate of drug-likeness (QED) is 0.331. The van der Waals surface area contributed by atoms with Crippen LogP contribution in [0, 0.1) is 5.92 Å². The number of carbonyl (C=O) groups excluding carboxylic acids is 2. The van der Waals surface area contributed by atoms with Crippen LogP contribution in [0.3, 0.4) is 0 Å². The highest BCUT2D eigenvalue weighted by Gasteiger charge is 2.11. The second-order valence-electron chi connectivity index (χ2n) is 2.18. The largest absolute Gasteiger partial charge is 0.469 e. The lowest BCUT2D eigenvalue weighted by Crippen LogP contribution is -2.14. The summed E-state index contributed by atoms with van der Waals surface area (Å²) in [5.74, 6) is -0.487. The van der Waals surface area contributed by atoms with Gasteiger partial charge in [0.15, 0.2) is 0 Å². The van der Waals surface area contributed by atoms with E-state index in [2.05, 4.69) is 9.47 Å². The van der Waals surface area contributed by atoms with Gasteiger partial charge in [-0.25, -0.2) is 0 Å². The minimum Gasteiger partial charge on any atom is -0.469 e. The van der Waals surface area contributed by atoms with Gasteiger partial charge in [-0.3, -0.25) is 9.59 Å². The Balaban J connectivity index is 3.43. The van der Waals surface area contributed by atoms with Crippen LogP contribution < -0.4 is 0 Å². The van der Waals surface area contributed by atoms with Crippen LogP contribution in [0.15, 0.2) is 0 Å². The van der Waals surface area contributed by atoms with Gasteiger partial charge < -0.3 is 9.47 Å². The molecule has 0 aromatic carbocycles. The maximum Gasteiger partial charge on any atom is 0.308 e. The normalized spacial score (nSPS) is 11.8. The molecule has 4 heteroatoms. The lowest BCUT2D eigenvalue weighted by Gasteiger charge is -2.06. The SMILES string of the molecule is COC(=O)C(C)CCOC=O. The van der Waals surface area contributed by atoms with Crippen molar-refractivity contribution in [3.05, 3.63) is 0 Å². The van der Waals surface area contributed by atoms with Crippen LogP contribution in [0.25, 0.3) is 0 Å². The van der Waals surface area contributed by atoms with E-state index in [1.54, 1.807) is 6.92 Å². The zero-order chi connectivity index (χ0) is 8.69. The predicted molar refractivity (Wildman–Crippen MR) is 37.8 cm³/mol. The van der Waals surface area contributed by atoms with Crippen molar-refractivity contribution in [3.63, 3.8) is 0 Å². The molecule has 0 fully saturated rings. The monoisotopic (exact) mass is 160 g/mol. The predicted octanol–water partition coefficient (Wildman–Crippen LogP) is 0.359. The fourth-order valence-electron chi connectivity index (χ4n) is 0.612. The van der Waals surface area contributed by atoms with Crippen LogP contribution in [-0.2, 0) is 19.1 Å². The maximum atomic E-state index is 10.7. The van der Waals surface area contributed by atoms with Crippen LogP contribution in [0.1, 0.15) is 13.3 Å². The van der Waals surface area contributed by atoms with Gasteiger partial charge in [0, 0.05) is 0 Å². The van der Waals surface area contributed by atoms with E-state index in [4.69, 9.17) is 0 Å². The summed E-state index contributed by atoms with van der Waals surface area (Å²) in [5.41, 5.74) is 0. The molecule has 0 aliphatic heterocycles. The number of esters is 1. The molecule has 0 radical (unpaired) electrons. The van der Waals surface area contributed by atoms with Gasteiger partial charge in [-0.1, -0.05) is 6.92 Å². The summed E-state index contributed by atoms with van der Waals surface area (Å²) < 4.78 is 8.87. The molecule has 1 unspecified atom stereocenters. The molecule has 0 heterocycles. The minimum absolute atomic E-state index is 0.208. The maximum absolute atomic E-state index is 10.7. The number of hydrogen-bond donors (Lipinski definition) is 0. The highest BCUT2D eigenvalue weighted by molar-refractivity contribution is 5.71. The standard InChI is InChI=1S/C7H12O4/c1-6(7(9)10-2)3-4-11-5-8/h5-6H,3-4H2,1-2H3. The Labute approximate surface area is 65.5 Å². The van der Waals surface area contributed by atoms with Crippen molar-refractivity contribution >= 4 is 12.4 Å². The molecule has 0 N–H and O–H groups in total. The lowest BCUT2D eigenvalue weighted by atomic mass is 10.1. The van der Waals surface area contributed by atoms with Crippen molar-refractivity contribution in [1.29, 1.82) is 0 Å². The fraction of sp³-hybridized carbons (Fsp3) is 0.714. The summed E-state index contributed by atoms with van der Waals surface area (Å²) in [6.07, 6.45) is 0.505. The third kappa shape index (κ3) is 4.36. The Morgan fingerprint density at radius 1 is 1.64 bits per heavy atom. The molecule has 1 atom stereocenters. The van der Waals surface area contributed by atoms with Crippen molar-refractivity contribution in [3.8, 4) is 0 Å². The second-order valence-corrected chi connectivity index (χ2v) is 2.18. The number of rotatable bonds is 5. The lowest BCUT2D eigenvalue weighted by molar-refractivity contribution is -0.146. The smallest absolute Gasteiger partial charge is 0.308 e. The summed E-state index contributed by atoms with van der Waals surface area (Å²) in [5, 5.41) is 0. The van der Waals surface area contributed by atoms with E-state index in [0.29, 0.717) is 12.9 Å². The molecule has 0 amide bonds. The van der Waals surface area contributed by atoms with Gasteiger partial charge in [0.25, 0.3) is 6.47 Å². The molecule has 64 valence electrons. The van der Waals surface area contributed by atoms with E-state index < -0.39 is 0 Å². The summed E-state index contributed by atoms with van der Waals surface area (Å²) in [6.45, 7) is 2.35. The molecular formula is C7H12O4. The first kappa shape index (κ1) is 9.94. The summed E-state index contributed by atoms with van der Waals surface area (Å²) in [7, 11) is 1.33. The zero-order valence-corrected chi connectivity index (χ0v) is 6.70. The van der Waals surface area contributed by atoms with E-state index >= 15 is 0 Å². The van der Waals surface area contributed by atoms with Crippen molar-refractivity contribution < 1.29 is 19.1 Å². The van der Waals surface area contributed by atoms with Crippen LogP contribution in [0.4, 0.5) is 0 Å². The van der Waals surface area contributed by atoms with E-state index in [0.717, 1.165) is 0 Å². The summed E-state index contributed by atoms with van der Waals surface area (Å²) in [4.78, 5) is 20.4. The van der Waals surface area contributed by atoms with Gasteiger partial charge in [-0.2, -0.15) is 0 Å². The molecule has 11 heavy (non-hydrogen) atoms. The number of carbonyl (C=O) groups is 2. The van der Waals surface area contributed by atoms with Crippen molar-refractivity contribution in [2.45, 2.75) is 13.3 Å². The molecule has 0 aliphatic rings. The summed E-state index contributed by atoms with van der Waals surface area (Å²) in [6, 6.07) is 0. The van der Waals surface area contributed by atoms with Gasteiger partial charge in [0.1, 0.15) is 0 Å². The number of ether oxygens (including phenoxy) is 2. The van der Waals surface area contributed by atoms with E-state index in [9.17, 15) is 9.59 Å². The average molecular weight is 160 g/mol. The van der Waals surface area contributed by atoms with Crippen molar-refractivity contribution in [2.24, 2.45) is 5.92 Å². The van der Waals surface area contributed by atoms with E-state index in [-0.39, 0.29) is 18.5 Å². The first-order valence-electron chi connectivity index (χ1n) is 3.35. The number of hydrogen-bond acceptors (Lipinski definition) is 4. The van der Waals surface area contributed by atoms with E-state index in [1.807, 2.05) is 0 Å². The van der Waals surface area contributed by atoms with Crippen LogP contribution >= 0.6 is 0 Å². The first-order valence-corrected chi connectivity index (χ1v) is 3.35. The molecule has 4 nitrogen and oxygen atoms in total. The number of methoxy groups -OCH3 is 1. The van der Waals surface area contributed by atoms with Gasteiger partial charge in [-0.05, 0) is 6.42 Å². The first-order chi connectivity index (χ1) is 5.22. The third-order valence-corrected chi connectivity index (χ3v) is 1.34. The molecule has 0 rings (SSSR count). The summed E-state index contributed by atoms with van der Waals surface area (Å²) >= 11 is 0. The van der Waals surface area contributed by atoms with Crippen LogP contribution in [0.5, 0.6) is 0 Å². The van der Waals surface area contributed by atoms with Gasteiger partial charge in [0.05, 0.1) is 19.6 Å². The van der Waals surface area contributed by atoms with Crippen molar-refractivity contribution in [1.82, 2.24) is 0 Å². The molecule has 0 aromatic rings. The molecule has 0 spiro atoms. The van der Waals surface area contributed by atoms with Gasteiger partial charge in [-0.15, -0.1) is 0 Å². The molecule has 0 saturated heterocycles. The molecular weight excluding hydrogens is 148 g/mol. The third-order valence-electron chi connectivity index (χ3n) is 1.34. The highest BCUT2D eigenvalue weighted by Crippen LogP contribution is 2.02. The second kappa shape index (κ2) is 5.70. The topological polar surface area (TPSA) is 52.6 Å². The zero-order valence-electron chi connectivity index (χ0n) is 6.70. The Morgan fingerprint density at radius 2 is 2.27 bits per heavy atom. The molecule has 0 bridgehead atoms. The fourth-order valence-corrected chi connectivity index (χ4v) is 0.612. The van der Waals surface area contributed by atoms with Gasteiger partial charge >= 0.3 is 5.97 Å². The average Bonchev–Trinajstić information content (AvgIpc) is 2.03. The minimum atomic E-state index is -0.278. The van der Waals surface area contributed by atoms with Gasteiger partial charge in [0.2, 0.25) is 0 Å². The molecule has 0 aromatic heterocycles. The highest BCUT2D eigenvalue weighted by atomic mass is 16.5. The van der Waals surface area contributed by atoms with Crippen LogP contribution in [-0.4, -0.2) is 26.2 Å². The van der Waals surface area contributed by atoms with Crippen LogP contribution in [0.2, 0.25) is 0 Å².